The number of hydrogen-bond donors (Lipinski definition) is 1. The Morgan fingerprint density at radius 2 is 1.96 bits per heavy atom. The molecule has 3 rings (SSSR count). The molecule has 0 aliphatic heterocycles. The van der Waals surface area contributed by atoms with E-state index in [-0.39, 0.29) is 23.7 Å². The van der Waals surface area contributed by atoms with Gasteiger partial charge >= 0.3 is 6.18 Å². The molecule has 0 saturated heterocycles. The zero-order valence-corrected chi connectivity index (χ0v) is 15.4. The number of halogens is 4. The second kappa shape index (κ2) is 8.02. The van der Waals surface area contributed by atoms with Gasteiger partial charge in [0.1, 0.15) is 17.0 Å². The number of carbonyl (C=O) groups excluding carboxylic acids is 1. The van der Waals surface area contributed by atoms with Crippen LogP contribution in [0.25, 0.3) is 11.3 Å². The molecular formula is C19H15ClF3N3O2. The van der Waals surface area contributed by atoms with Crippen molar-refractivity contribution in [1.82, 2.24) is 15.5 Å². The first-order chi connectivity index (χ1) is 13.3. The fourth-order valence-electron chi connectivity index (χ4n) is 2.62. The number of carbonyl (C=O) groups is 1. The number of rotatable bonds is 5. The van der Waals surface area contributed by atoms with Crippen LogP contribution in [-0.4, -0.2) is 22.6 Å². The van der Waals surface area contributed by atoms with E-state index in [2.05, 4.69) is 15.5 Å². The lowest BCUT2D eigenvalue weighted by atomic mass is 10.1. The smallest absolute Gasteiger partial charge is 0.360 e. The Morgan fingerprint density at radius 1 is 1.25 bits per heavy atom. The van der Waals surface area contributed by atoms with E-state index in [1.165, 1.54) is 0 Å². The van der Waals surface area contributed by atoms with Crippen LogP contribution in [0.1, 0.15) is 27.4 Å². The van der Waals surface area contributed by atoms with Gasteiger partial charge in [0, 0.05) is 24.7 Å². The summed E-state index contributed by atoms with van der Waals surface area (Å²) in [6, 6.07) is 9.92. The van der Waals surface area contributed by atoms with Crippen molar-refractivity contribution in [2.75, 3.05) is 6.54 Å². The van der Waals surface area contributed by atoms with Gasteiger partial charge in [0.2, 0.25) is 0 Å². The van der Waals surface area contributed by atoms with Crippen LogP contribution in [0, 0.1) is 6.92 Å². The molecule has 0 fully saturated rings. The number of hydrogen-bond acceptors (Lipinski definition) is 4. The first-order valence-corrected chi connectivity index (χ1v) is 8.66. The van der Waals surface area contributed by atoms with Crippen LogP contribution in [0.3, 0.4) is 0 Å². The molecule has 0 aliphatic carbocycles. The van der Waals surface area contributed by atoms with E-state index in [9.17, 15) is 18.0 Å². The maximum atomic E-state index is 12.7. The summed E-state index contributed by atoms with van der Waals surface area (Å²) in [4.78, 5) is 16.3. The first-order valence-electron chi connectivity index (χ1n) is 8.29. The molecule has 0 unspecified atom stereocenters. The summed E-state index contributed by atoms with van der Waals surface area (Å²) < 4.78 is 43.1. The maximum absolute atomic E-state index is 12.7. The van der Waals surface area contributed by atoms with Gasteiger partial charge in [-0.1, -0.05) is 47.1 Å². The van der Waals surface area contributed by atoms with E-state index in [1.807, 2.05) is 18.2 Å². The number of benzene rings is 1. The lowest BCUT2D eigenvalue weighted by Crippen LogP contribution is -2.26. The van der Waals surface area contributed by atoms with E-state index in [4.69, 9.17) is 16.1 Å². The third-order valence-electron chi connectivity index (χ3n) is 4.03. The van der Waals surface area contributed by atoms with Crippen molar-refractivity contribution >= 4 is 17.5 Å². The van der Waals surface area contributed by atoms with Crippen LogP contribution in [0.5, 0.6) is 0 Å². The van der Waals surface area contributed by atoms with Crippen molar-refractivity contribution < 1.29 is 22.5 Å². The summed E-state index contributed by atoms with van der Waals surface area (Å²) in [5, 5.41) is 6.54. The molecule has 5 nitrogen and oxygen atoms in total. The van der Waals surface area contributed by atoms with Crippen molar-refractivity contribution in [3.8, 4) is 11.3 Å². The Morgan fingerprint density at radius 3 is 2.61 bits per heavy atom. The number of amides is 1. The van der Waals surface area contributed by atoms with Gasteiger partial charge in [-0.3, -0.25) is 9.78 Å². The number of alkyl halides is 3. The van der Waals surface area contributed by atoms with E-state index in [0.29, 0.717) is 17.0 Å². The average molecular weight is 410 g/mol. The first kappa shape index (κ1) is 19.9. The number of aromatic nitrogens is 2. The van der Waals surface area contributed by atoms with Crippen molar-refractivity contribution in [2.24, 2.45) is 0 Å². The van der Waals surface area contributed by atoms with Crippen LogP contribution in [0.4, 0.5) is 13.2 Å². The van der Waals surface area contributed by atoms with Crippen molar-refractivity contribution in [3.63, 3.8) is 0 Å². The molecule has 1 aromatic carbocycles. The largest absolute Gasteiger partial charge is 0.417 e. The van der Waals surface area contributed by atoms with Gasteiger partial charge in [-0.2, -0.15) is 13.2 Å². The number of nitrogens with one attached hydrogen (secondary N) is 1. The lowest BCUT2D eigenvalue weighted by Gasteiger charge is -2.10. The molecule has 1 N–H and O–H groups in total. The molecule has 0 aliphatic rings. The molecule has 0 bridgehead atoms. The second-order valence-electron chi connectivity index (χ2n) is 5.98. The van der Waals surface area contributed by atoms with Gasteiger partial charge in [0.15, 0.2) is 0 Å². The molecule has 1 amide bonds. The second-order valence-corrected chi connectivity index (χ2v) is 6.39. The van der Waals surface area contributed by atoms with Crippen molar-refractivity contribution in [3.05, 3.63) is 70.2 Å². The standard InChI is InChI=1S/C19H15ClF3N3O2/c1-11-16(17(26-28-11)12-5-3-2-4-6-12)18(27)24-8-7-15-14(20)9-13(10-25-15)19(21,22)23/h2-6,9-10H,7-8H2,1H3,(H,24,27). The molecule has 0 radical (unpaired) electrons. The van der Waals surface area contributed by atoms with Crippen molar-refractivity contribution in [1.29, 1.82) is 0 Å². The van der Waals surface area contributed by atoms with Crippen LogP contribution >= 0.6 is 11.6 Å². The van der Waals surface area contributed by atoms with E-state index < -0.39 is 17.6 Å². The minimum Gasteiger partial charge on any atom is -0.360 e. The Balaban J connectivity index is 1.68. The van der Waals surface area contributed by atoms with E-state index >= 15 is 0 Å². The Bertz CT molecular complexity index is 988. The summed E-state index contributed by atoms with van der Waals surface area (Å²) in [5.41, 5.74) is 0.800. The molecule has 146 valence electrons. The molecule has 3 aromatic rings. The zero-order chi connectivity index (χ0) is 20.3. The summed E-state index contributed by atoms with van der Waals surface area (Å²) in [6.07, 6.45) is -3.61. The van der Waals surface area contributed by atoms with E-state index in [1.54, 1.807) is 19.1 Å². The molecule has 2 heterocycles. The minimum absolute atomic E-state index is 0.102. The predicted molar refractivity (Wildman–Crippen MR) is 97.0 cm³/mol. The van der Waals surface area contributed by atoms with Gasteiger partial charge in [0.25, 0.3) is 5.91 Å². The number of nitrogens with zero attached hydrogens (tertiary/aromatic N) is 2. The van der Waals surface area contributed by atoms with Gasteiger partial charge < -0.3 is 9.84 Å². The van der Waals surface area contributed by atoms with Gasteiger partial charge in [-0.15, -0.1) is 0 Å². The Kier molecular flexibility index (Phi) is 5.69. The predicted octanol–water partition coefficient (Wildman–Crippen LogP) is 4.69. The zero-order valence-electron chi connectivity index (χ0n) is 14.7. The average Bonchev–Trinajstić information content (AvgIpc) is 3.04. The van der Waals surface area contributed by atoms with E-state index in [0.717, 1.165) is 17.8 Å². The highest BCUT2D eigenvalue weighted by atomic mass is 35.5. The SMILES string of the molecule is Cc1onc(-c2ccccc2)c1C(=O)NCCc1ncc(C(F)(F)F)cc1Cl. The topological polar surface area (TPSA) is 68.0 Å². The molecule has 2 aromatic heterocycles. The van der Waals surface area contributed by atoms with Crippen molar-refractivity contribution in [2.45, 2.75) is 19.5 Å². The maximum Gasteiger partial charge on any atom is 0.417 e. The number of pyridine rings is 1. The monoisotopic (exact) mass is 409 g/mol. The highest BCUT2D eigenvalue weighted by molar-refractivity contribution is 6.31. The Hall–Kier alpha value is -2.87. The van der Waals surface area contributed by atoms with Crippen LogP contribution < -0.4 is 5.32 Å². The third-order valence-corrected chi connectivity index (χ3v) is 4.36. The molecule has 0 atom stereocenters. The van der Waals surface area contributed by atoms with Gasteiger partial charge in [-0.05, 0) is 13.0 Å². The van der Waals surface area contributed by atoms with Crippen LogP contribution in [-0.2, 0) is 12.6 Å². The van der Waals surface area contributed by atoms with Gasteiger partial charge in [-0.25, -0.2) is 0 Å². The highest BCUT2D eigenvalue weighted by Gasteiger charge is 2.31. The molecule has 28 heavy (non-hydrogen) atoms. The third kappa shape index (κ3) is 4.33. The molecular weight excluding hydrogens is 395 g/mol. The quantitative estimate of drug-likeness (QED) is 0.663. The normalized spacial score (nSPS) is 11.5. The van der Waals surface area contributed by atoms with Crippen LogP contribution in [0.2, 0.25) is 5.02 Å². The summed E-state index contributed by atoms with van der Waals surface area (Å²) in [7, 11) is 0. The fourth-order valence-corrected chi connectivity index (χ4v) is 2.88. The summed E-state index contributed by atoms with van der Waals surface area (Å²) in [6.45, 7) is 1.76. The fraction of sp³-hybridized carbons (Fsp3) is 0.211. The molecule has 0 saturated carbocycles. The molecule has 9 heteroatoms. The Labute approximate surface area is 163 Å². The van der Waals surface area contributed by atoms with Crippen LogP contribution in [0.15, 0.2) is 47.1 Å². The highest BCUT2D eigenvalue weighted by Crippen LogP contribution is 2.31. The minimum atomic E-state index is -4.51. The number of aryl methyl sites for hydroxylation is 1. The summed E-state index contributed by atoms with van der Waals surface area (Å²) in [5.74, 6) is -0.0392. The van der Waals surface area contributed by atoms with Gasteiger partial charge in [0.05, 0.1) is 16.3 Å². The lowest BCUT2D eigenvalue weighted by molar-refractivity contribution is -0.137. The molecule has 0 spiro atoms. The summed E-state index contributed by atoms with van der Waals surface area (Å²) >= 11 is 5.88.